The summed E-state index contributed by atoms with van der Waals surface area (Å²) < 4.78 is 26.9. The van der Waals surface area contributed by atoms with Crippen molar-refractivity contribution >= 4 is 11.4 Å². The van der Waals surface area contributed by atoms with Gasteiger partial charge in [0.1, 0.15) is 5.69 Å². The van der Waals surface area contributed by atoms with Crippen LogP contribution in [0.15, 0.2) is 23.4 Å². The second-order valence-electron chi connectivity index (χ2n) is 5.19. The maximum Gasteiger partial charge on any atom is 0.272 e. The zero-order valence-electron chi connectivity index (χ0n) is 11.0. The minimum Gasteiger partial charge on any atom is -0.382 e. The number of benzene rings is 1. The summed E-state index contributed by atoms with van der Waals surface area (Å²) in [6.07, 6.45) is 5.70. The molecule has 0 aliphatic heterocycles. The van der Waals surface area contributed by atoms with Crippen molar-refractivity contribution in [3.05, 3.63) is 28.7 Å². The van der Waals surface area contributed by atoms with Gasteiger partial charge in [0.05, 0.1) is 5.56 Å². The highest BCUT2D eigenvalue weighted by Gasteiger charge is 2.29. The van der Waals surface area contributed by atoms with Crippen LogP contribution in [0.4, 0.5) is 20.2 Å². The highest BCUT2D eigenvalue weighted by atomic mass is 19.3. The van der Waals surface area contributed by atoms with E-state index in [-0.39, 0.29) is 11.3 Å². The van der Waals surface area contributed by atoms with E-state index < -0.39 is 5.92 Å². The molecular weight excluding hydrogens is 250 g/mol. The number of hydrogen-bond donors (Lipinski definition) is 1. The molecule has 2 rings (SSSR count). The molecule has 104 valence electrons. The molecule has 5 heteroatoms. The first-order valence-corrected chi connectivity index (χ1v) is 6.63. The Labute approximate surface area is 111 Å². The molecule has 0 saturated heterocycles. The molecule has 19 heavy (non-hydrogen) atoms. The fraction of sp³-hybridized carbons (Fsp3) is 0.571. The van der Waals surface area contributed by atoms with Crippen LogP contribution in [0, 0.1) is 4.91 Å². The van der Waals surface area contributed by atoms with Crippen molar-refractivity contribution < 1.29 is 8.78 Å². The minimum absolute atomic E-state index is 0.193. The van der Waals surface area contributed by atoms with Crippen molar-refractivity contribution in [2.45, 2.75) is 51.0 Å². The van der Waals surface area contributed by atoms with Crippen LogP contribution in [0.25, 0.3) is 0 Å². The van der Waals surface area contributed by atoms with Crippen LogP contribution >= 0.6 is 0 Å². The highest BCUT2D eigenvalue weighted by molar-refractivity contribution is 5.58. The van der Waals surface area contributed by atoms with Crippen LogP contribution in [0.2, 0.25) is 0 Å². The zero-order valence-corrected chi connectivity index (χ0v) is 11.0. The number of anilines is 1. The molecule has 0 unspecified atom stereocenters. The summed E-state index contributed by atoms with van der Waals surface area (Å²) in [6, 6.07) is 4.67. The van der Waals surface area contributed by atoms with Gasteiger partial charge in [-0.3, -0.25) is 0 Å². The first kappa shape index (κ1) is 13.9. The third-order valence-corrected chi connectivity index (χ3v) is 3.54. The predicted molar refractivity (Wildman–Crippen MR) is 72.0 cm³/mol. The molecule has 1 aromatic carbocycles. The van der Waals surface area contributed by atoms with Crippen LogP contribution in [0.5, 0.6) is 0 Å². The largest absolute Gasteiger partial charge is 0.382 e. The maximum atomic E-state index is 13.4. The molecule has 1 N–H and O–H groups in total. The van der Waals surface area contributed by atoms with Crippen molar-refractivity contribution in [2.75, 3.05) is 5.32 Å². The SMILES string of the molecule is CC(F)(F)c1cc(NC2CCCCC2)ccc1N=O. The van der Waals surface area contributed by atoms with Gasteiger partial charge in [-0.2, -0.15) is 0 Å². The van der Waals surface area contributed by atoms with Crippen molar-refractivity contribution in [3.63, 3.8) is 0 Å². The molecule has 1 aromatic rings. The van der Waals surface area contributed by atoms with E-state index in [1.54, 1.807) is 6.07 Å². The number of nitrogens with one attached hydrogen (secondary N) is 1. The molecule has 3 nitrogen and oxygen atoms in total. The second-order valence-corrected chi connectivity index (χ2v) is 5.19. The second kappa shape index (κ2) is 5.63. The molecule has 1 fully saturated rings. The van der Waals surface area contributed by atoms with Gasteiger partial charge in [0, 0.05) is 18.7 Å². The molecule has 1 aliphatic carbocycles. The van der Waals surface area contributed by atoms with Gasteiger partial charge in [0.15, 0.2) is 0 Å². The van der Waals surface area contributed by atoms with Crippen molar-refractivity contribution in [2.24, 2.45) is 5.18 Å². The quantitative estimate of drug-likeness (QED) is 0.786. The Bertz CT molecular complexity index is 451. The molecule has 1 saturated carbocycles. The fourth-order valence-electron chi connectivity index (χ4n) is 2.54. The number of hydrogen-bond acceptors (Lipinski definition) is 3. The Morgan fingerprint density at radius 3 is 2.53 bits per heavy atom. The topological polar surface area (TPSA) is 41.5 Å². The Morgan fingerprint density at radius 1 is 1.26 bits per heavy atom. The minimum atomic E-state index is -3.06. The molecule has 0 atom stereocenters. The average molecular weight is 268 g/mol. The first-order valence-electron chi connectivity index (χ1n) is 6.63. The van der Waals surface area contributed by atoms with Gasteiger partial charge in [-0.25, -0.2) is 8.78 Å². The lowest BCUT2D eigenvalue weighted by atomic mass is 9.95. The lowest BCUT2D eigenvalue weighted by Gasteiger charge is -2.24. The predicted octanol–water partition coefficient (Wildman–Crippen LogP) is 4.94. The van der Waals surface area contributed by atoms with E-state index in [0.717, 1.165) is 19.8 Å². The fourth-order valence-corrected chi connectivity index (χ4v) is 2.54. The lowest BCUT2D eigenvalue weighted by molar-refractivity contribution is 0.0182. The van der Waals surface area contributed by atoms with Gasteiger partial charge >= 0.3 is 0 Å². The van der Waals surface area contributed by atoms with Gasteiger partial charge in [0.25, 0.3) is 5.92 Å². The summed E-state index contributed by atoms with van der Waals surface area (Å²) in [5.41, 5.74) is 0.126. The molecule has 0 heterocycles. The highest BCUT2D eigenvalue weighted by Crippen LogP contribution is 2.36. The van der Waals surface area contributed by atoms with Crippen molar-refractivity contribution in [1.82, 2.24) is 0 Å². The Kier molecular flexibility index (Phi) is 4.12. The summed E-state index contributed by atoms with van der Waals surface area (Å²) in [4.78, 5) is 10.6. The van der Waals surface area contributed by atoms with Gasteiger partial charge in [-0.1, -0.05) is 19.3 Å². The van der Waals surface area contributed by atoms with Crippen molar-refractivity contribution in [3.8, 4) is 0 Å². The Balaban J connectivity index is 2.20. The Morgan fingerprint density at radius 2 is 1.95 bits per heavy atom. The molecule has 0 aromatic heterocycles. The summed E-state index contributed by atoms with van der Waals surface area (Å²) in [5.74, 6) is -3.06. The number of nitrogens with zero attached hydrogens (tertiary/aromatic N) is 1. The summed E-state index contributed by atoms with van der Waals surface area (Å²) in [7, 11) is 0. The van der Waals surface area contributed by atoms with Crippen molar-refractivity contribution in [1.29, 1.82) is 0 Å². The molecule has 0 bridgehead atoms. The van der Waals surface area contributed by atoms with E-state index >= 15 is 0 Å². The summed E-state index contributed by atoms with van der Waals surface area (Å²) >= 11 is 0. The number of alkyl halides is 2. The third-order valence-electron chi connectivity index (χ3n) is 3.54. The van der Waals surface area contributed by atoms with Crippen LogP contribution in [-0.2, 0) is 5.92 Å². The zero-order chi connectivity index (χ0) is 13.9. The third kappa shape index (κ3) is 3.49. The van der Waals surface area contributed by atoms with E-state index in [9.17, 15) is 13.7 Å². The van der Waals surface area contributed by atoms with E-state index in [4.69, 9.17) is 0 Å². The molecule has 0 spiro atoms. The van der Waals surface area contributed by atoms with E-state index in [2.05, 4.69) is 10.5 Å². The molecule has 0 amide bonds. The van der Waals surface area contributed by atoms with Gasteiger partial charge in [-0.05, 0) is 36.2 Å². The summed E-state index contributed by atoms with van der Waals surface area (Å²) in [6.45, 7) is 0.779. The first-order chi connectivity index (χ1) is 9.00. The van der Waals surface area contributed by atoms with E-state index in [0.29, 0.717) is 11.7 Å². The van der Waals surface area contributed by atoms with Gasteiger partial charge in [0.2, 0.25) is 0 Å². The number of rotatable bonds is 4. The average Bonchev–Trinajstić information content (AvgIpc) is 2.39. The molecule has 0 radical (unpaired) electrons. The monoisotopic (exact) mass is 268 g/mol. The van der Waals surface area contributed by atoms with Crippen LogP contribution < -0.4 is 5.32 Å². The van der Waals surface area contributed by atoms with Gasteiger partial charge < -0.3 is 5.32 Å². The van der Waals surface area contributed by atoms with Crippen LogP contribution in [0.3, 0.4) is 0 Å². The van der Waals surface area contributed by atoms with E-state index in [1.807, 2.05) is 0 Å². The maximum absolute atomic E-state index is 13.4. The molecule has 1 aliphatic rings. The Hall–Kier alpha value is -1.52. The number of nitroso groups, excluding NO2 is 1. The van der Waals surface area contributed by atoms with E-state index in [1.165, 1.54) is 31.4 Å². The molecular formula is C14H18F2N2O. The van der Waals surface area contributed by atoms with Crippen LogP contribution in [-0.4, -0.2) is 6.04 Å². The van der Waals surface area contributed by atoms with Crippen LogP contribution in [0.1, 0.15) is 44.6 Å². The standard InChI is InChI=1S/C14H18F2N2O/c1-14(15,16)12-9-11(7-8-13(12)18-19)17-10-5-3-2-4-6-10/h7-10,17H,2-6H2,1H3. The lowest BCUT2D eigenvalue weighted by Crippen LogP contribution is -2.22. The smallest absolute Gasteiger partial charge is 0.272 e. The number of halogens is 2. The summed E-state index contributed by atoms with van der Waals surface area (Å²) in [5, 5.41) is 5.93. The normalized spacial score (nSPS) is 17.2. The van der Waals surface area contributed by atoms with Gasteiger partial charge in [-0.15, -0.1) is 4.91 Å².